The average Bonchev–Trinajstić information content (AvgIpc) is 3.20. The van der Waals surface area contributed by atoms with E-state index in [0.717, 1.165) is 16.7 Å². The van der Waals surface area contributed by atoms with Crippen LogP contribution in [0, 0.1) is 0 Å². The number of carbonyl (C=O) groups is 4. The van der Waals surface area contributed by atoms with E-state index in [1.165, 1.54) is 14.2 Å². The molecule has 1 heterocycles. The number of anilines is 2. The predicted molar refractivity (Wildman–Crippen MR) is 148 cm³/mol. The van der Waals surface area contributed by atoms with Gasteiger partial charge in [-0.25, -0.2) is 0 Å². The summed E-state index contributed by atoms with van der Waals surface area (Å²) in [6.07, 6.45) is 1.56. The third kappa shape index (κ3) is 7.17. The van der Waals surface area contributed by atoms with Crippen molar-refractivity contribution in [3.8, 4) is 17.2 Å². The Kier molecular flexibility index (Phi) is 8.85. The Labute approximate surface area is 228 Å². The van der Waals surface area contributed by atoms with Crippen molar-refractivity contribution in [2.75, 3.05) is 38.0 Å². The van der Waals surface area contributed by atoms with Crippen molar-refractivity contribution in [3.63, 3.8) is 0 Å². The fourth-order valence-electron chi connectivity index (χ4n) is 3.55. The summed E-state index contributed by atoms with van der Waals surface area (Å²) in [4.78, 5) is 50.9. The summed E-state index contributed by atoms with van der Waals surface area (Å²) >= 11 is 0.760. The van der Waals surface area contributed by atoms with Crippen LogP contribution < -0.4 is 24.8 Å². The average molecular weight is 548 g/mol. The largest absolute Gasteiger partial charge is 0.497 e. The summed E-state index contributed by atoms with van der Waals surface area (Å²) in [5.41, 5.74) is 1.70. The normalized spacial score (nSPS) is 13.8. The molecule has 1 saturated heterocycles. The minimum atomic E-state index is -0.553. The molecule has 0 aromatic heterocycles. The first kappa shape index (κ1) is 27.3. The Hall–Kier alpha value is -4.77. The number of methoxy groups -OCH3 is 2. The Morgan fingerprint density at radius 1 is 0.846 bits per heavy atom. The lowest BCUT2D eigenvalue weighted by Gasteiger charge is -2.12. The van der Waals surface area contributed by atoms with E-state index in [2.05, 4.69) is 10.6 Å². The van der Waals surface area contributed by atoms with Crippen LogP contribution in [0.15, 0.2) is 77.7 Å². The molecule has 0 unspecified atom stereocenters. The first-order valence-corrected chi connectivity index (χ1v) is 12.5. The van der Waals surface area contributed by atoms with E-state index in [4.69, 9.17) is 14.2 Å². The summed E-state index contributed by atoms with van der Waals surface area (Å²) < 4.78 is 15.8. The maximum absolute atomic E-state index is 12.8. The van der Waals surface area contributed by atoms with Crippen molar-refractivity contribution in [1.82, 2.24) is 4.90 Å². The van der Waals surface area contributed by atoms with Crippen LogP contribution in [0.25, 0.3) is 6.08 Å². The van der Waals surface area contributed by atoms with Crippen LogP contribution in [0.4, 0.5) is 16.2 Å². The third-order valence-corrected chi connectivity index (χ3v) is 6.39. The molecule has 10 nitrogen and oxygen atoms in total. The number of imide groups is 1. The number of para-hydroxylation sites is 2. The second kappa shape index (κ2) is 12.7. The van der Waals surface area contributed by atoms with Gasteiger partial charge in [-0.05, 0) is 71.9 Å². The van der Waals surface area contributed by atoms with Gasteiger partial charge in [-0.1, -0.05) is 24.3 Å². The molecule has 0 atom stereocenters. The summed E-state index contributed by atoms with van der Waals surface area (Å²) in [6, 6.07) is 20.4. The van der Waals surface area contributed by atoms with E-state index in [1.54, 1.807) is 78.9 Å². The minimum absolute atomic E-state index is 0.196. The molecule has 0 aliphatic carbocycles. The van der Waals surface area contributed by atoms with Crippen molar-refractivity contribution in [2.24, 2.45) is 0 Å². The van der Waals surface area contributed by atoms with Gasteiger partial charge in [0.1, 0.15) is 23.8 Å². The zero-order chi connectivity index (χ0) is 27.8. The highest BCUT2D eigenvalue weighted by Gasteiger charge is 2.36. The quantitative estimate of drug-likeness (QED) is 0.358. The molecule has 4 rings (SSSR count). The highest BCUT2D eigenvalue weighted by Crippen LogP contribution is 2.32. The molecule has 1 aliphatic rings. The second-order valence-electron chi connectivity index (χ2n) is 8.15. The van der Waals surface area contributed by atoms with Crippen LogP contribution in [0.5, 0.6) is 17.2 Å². The van der Waals surface area contributed by atoms with Gasteiger partial charge in [0.05, 0.1) is 24.8 Å². The number of nitrogens with one attached hydrogen (secondary N) is 2. The Bertz CT molecular complexity index is 1410. The zero-order valence-electron chi connectivity index (χ0n) is 21.1. The van der Waals surface area contributed by atoms with Gasteiger partial charge in [-0.15, -0.1) is 0 Å². The number of benzene rings is 3. The fourth-order valence-corrected chi connectivity index (χ4v) is 4.39. The number of hydrogen-bond donors (Lipinski definition) is 2. The van der Waals surface area contributed by atoms with Gasteiger partial charge in [0.15, 0.2) is 6.61 Å². The molecule has 200 valence electrons. The second-order valence-corrected chi connectivity index (χ2v) is 9.14. The van der Waals surface area contributed by atoms with E-state index >= 15 is 0 Å². The van der Waals surface area contributed by atoms with E-state index in [9.17, 15) is 19.2 Å². The molecular formula is C28H25N3O7S. The number of nitrogens with zero attached hydrogens (tertiary/aromatic N) is 1. The fraction of sp³-hybridized carbons (Fsp3) is 0.143. The lowest BCUT2D eigenvalue weighted by Crippen LogP contribution is -2.36. The highest BCUT2D eigenvalue weighted by molar-refractivity contribution is 8.18. The Balaban J connectivity index is 1.30. The van der Waals surface area contributed by atoms with Gasteiger partial charge in [0.25, 0.3) is 17.1 Å². The minimum Gasteiger partial charge on any atom is -0.497 e. The first-order valence-electron chi connectivity index (χ1n) is 11.7. The Morgan fingerprint density at radius 3 is 2.23 bits per heavy atom. The van der Waals surface area contributed by atoms with Gasteiger partial charge < -0.3 is 24.8 Å². The van der Waals surface area contributed by atoms with E-state index < -0.39 is 23.6 Å². The lowest BCUT2D eigenvalue weighted by molar-refractivity contribution is -0.127. The number of amides is 4. The van der Waals surface area contributed by atoms with E-state index in [1.807, 2.05) is 0 Å². The van der Waals surface area contributed by atoms with E-state index in [-0.39, 0.29) is 17.4 Å². The molecule has 1 aliphatic heterocycles. The van der Waals surface area contributed by atoms with Crippen LogP contribution in [-0.2, 0) is 14.4 Å². The van der Waals surface area contributed by atoms with Crippen molar-refractivity contribution >= 4 is 52.2 Å². The van der Waals surface area contributed by atoms with Crippen LogP contribution in [-0.4, -0.2) is 55.2 Å². The standard InChI is InChI=1S/C28H25N3O7S/c1-36-20-13-9-19(10-14-20)29-25(32)16-31-27(34)24(39-28(31)35)15-18-7-11-21(12-8-18)38-17-26(33)30-22-5-3-4-6-23(22)37-2/h3-15H,16-17H2,1-2H3,(H,29,32)(H,30,33)/b24-15-. The van der Waals surface area contributed by atoms with Gasteiger partial charge in [-0.3, -0.25) is 24.1 Å². The molecule has 3 aromatic rings. The molecule has 39 heavy (non-hydrogen) atoms. The maximum atomic E-state index is 12.8. The van der Waals surface area contributed by atoms with Crippen LogP contribution in [0.3, 0.4) is 0 Å². The van der Waals surface area contributed by atoms with Crippen molar-refractivity contribution in [2.45, 2.75) is 0 Å². The number of rotatable bonds is 10. The van der Waals surface area contributed by atoms with Crippen LogP contribution in [0.1, 0.15) is 5.56 Å². The molecule has 1 fully saturated rings. The van der Waals surface area contributed by atoms with Crippen molar-refractivity contribution < 1.29 is 33.4 Å². The molecular weight excluding hydrogens is 522 g/mol. The van der Waals surface area contributed by atoms with Crippen LogP contribution >= 0.6 is 11.8 Å². The lowest BCUT2D eigenvalue weighted by atomic mass is 10.2. The zero-order valence-corrected chi connectivity index (χ0v) is 21.9. The third-order valence-electron chi connectivity index (χ3n) is 5.48. The SMILES string of the molecule is COc1ccc(NC(=O)CN2C(=O)S/C(=C\c3ccc(OCC(=O)Nc4ccccc4OC)cc3)C2=O)cc1. The molecule has 0 radical (unpaired) electrons. The maximum Gasteiger partial charge on any atom is 0.294 e. The van der Waals surface area contributed by atoms with Gasteiger partial charge in [0.2, 0.25) is 5.91 Å². The van der Waals surface area contributed by atoms with Crippen LogP contribution in [0.2, 0.25) is 0 Å². The summed E-state index contributed by atoms with van der Waals surface area (Å²) in [5, 5.41) is 4.85. The number of hydrogen-bond acceptors (Lipinski definition) is 8. The molecule has 0 saturated carbocycles. The highest BCUT2D eigenvalue weighted by atomic mass is 32.2. The summed E-state index contributed by atoms with van der Waals surface area (Å²) in [5.74, 6) is 0.220. The summed E-state index contributed by atoms with van der Waals surface area (Å²) in [7, 11) is 3.06. The van der Waals surface area contributed by atoms with Gasteiger partial charge >= 0.3 is 0 Å². The van der Waals surface area contributed by atoms with Gasteiger partial charge in [-0.2, -0.15) is 0 Å². The number of ether oxygens (including phenoxy) is 3. The van der Waals surface area contributed by atoms with Crippen molar-refractivity contribution in [3.05, 3.63) is 83.3 Å². The molecule has 11 heteroatoms. The topological polar surface area (TPSA) is 123 Å². The molecule has 4 amide bonds. The Morgan fingerprint density at radius 2 is 1.54 bits per heavy atom. The van der Waals surface area contributed by atoms with E-state index in [0.29, 0.717) is 34.2 Å². The monoisotopic (exact) mass is 547 g/mol. The first-order chi connectivity index (χ1) is 18.9. The van der Waals surface area contributed by atoms with Crippen molar-refractivity contribution in [1.29, 1.82) is 0 Å². The van der Waals surface area contributed by atoms with Gasteiger partial charge in [0, 0.05) is 5.69 Å². The molecule has 0 bridgehead atoms. The number of carbonyl (C=O) groups excluding carboxylic acids is 4. The smallest absolute Gasteiger partial charge is 0.294 e. The molecule has 3 aromatic carbocycles. The predicted octanol–water partition coefficient (Wildman–Crippen LogP) is 4.40. The number of thioether (sulfide) groups is 1. The molecule has 0 spiro atoms. The summed E-state index contributed by atoms with van der Waals surface area (Å²) in [6.45, 7) is -0.618. The molecule has 2 N–H and O–H groups in total.